The second kappa shape index (κ2) is 7.10. The smallest absolute Gasteiger partial charge is 0.253 e. The standard InChI is InChI=1S/C18H15ClN6O2S/c1-9-12(4-11(7-22-9)24-14(26)5-19)15-16(10-2-3-21-6-10)28-18-13(17(20)27)8-23-25(15)18/h2-4,6-8,21H,5H2,1H3,(H2,20,27)(H,24,26). The molecule has 4 N–H and O–H groups in total. The predicted octanol–water partition coefficient (Wildman–Crippen LogP) is 3.04. The molecule has 0 saturated carbocycles. The van der Waals surface area contributed by atoms with Crippen molar-refractivity contribution in [1.82, 2.24) is 19.6 Å². The van der Waals surface area contributed by atoms with E-state index in [0.717, 1.165) is 27.4 Å². The van der Waals surface area contributed by atoms with Crippen LogP contribution in [0, 0.1) is 6.92 Å². The van der Waals surface area contributed by atoms with Crippen molar-refractivity contribution < 1.29 is 9.59 Å². The van der Waals surface area contributed by atoms with Crippen LogP contribution in [-0.4, -0.2) is 37.3 Å². The van der Waals surface area contributed by atoms with Gasteiger partial charge in [-0.1, -0.05) is 0 Å². The molecule has 0 aliphatic carbocycles. The highest BCUT2D eigenvalue weighted by molar-refractivity contribution is 7.21. The molecule has 4 aromatic heterocycles. The normalized spacial score (nSPS) is 11.1. The lowest BCUT2D eigenvalue weighted by atomic mass is 10.1. The molecule has 2 amide bonds. The Labute approximate surface area is 168 Å². The summed E-state index contributed by atoms with van der Waals surface area (Å²) in [4.78, 5) is 32.4. The fourth-order valence-corrected chi connectivity index (χ4v) is 4.22. The van der Waals surface area contributed by atoms with Gasteiger partial charge < -0.3 is 16.0 Å². The molecule has 142 valence electrons. The van der Waals surface area contributed by atoms with Crippen molar-refractivity contribution in [2.45, 2.75) is 6.92 Å². The number of hydrogen-bond acceptors (Lipinski definition) is 5. The van der Waals surface area contributed by atoms with Gasteiger partial charge in [-0.2, -0.15) is 5.10 Å². The number of aromatic amines is 1. The third-order valence-corrected chi connectivity index (χ3v) is 5.69. The summed E-state index contributed by atoms with van der Waals surface area (Å²) in [5.41, 5.74) is 9.60. The molecule has 4 rings (SSSR count). The molecule has 0 bridgehead atoms. The number of H-pyrrole nitrogens is 1. The van der Waals surface area contributed by atoms with Crippen LogP contribution in [0.15, 0.2) is 36.9 Å². The number of pyridine rings is 1. The van der Waals surface area contributed by atoms with E-state index in [4.69, 9.17) is 17.3 Å². The highest BCUT2D eigenvalue weighted by atomic mass is 35.5. The van der Waals surface area contributed by atoms with Crippen molar-refractivity contribution in [2.75, 3.05) is 11.2 Å². The van der Waals surface area contributed by atoms with Crippen LogP contribution in [0.3, 0.4) is 0 Å². The van der Waals surface area contributed by atoms with Crippen LogP contribution >= 0.6 is 22.9 Å². The summed E-state index contributed by atoms with van der Waals surface area (Å²) in [5.74, 6) is -1.02. The molecule has 0 saturated heterocycles. The fourth-order valence-electron chi connectivity index (χ4n) is 2.94. The summed E-state index contributed by atoms with van der Waals surface area (Å²) in [6.45, 7) is 1.87. The highest BCUT2D eigenvalue weighted by Crippen LogP contribution is 2.41. The maximum absolute atomic E-state index is 11.8. The Morgan fingerprint density at radius 3 is 2.89 bits per heavy atom. The topological polar surface area (TPSA) is 118 Å². The van der Waals surface area contributed by atoms with Gasteiger partial charge in [-0.3, -0.25) is 14.6 Å². The molecule has 28 heavy (non-hydrogen) atoms. The minimum atomic E-state index is -0.540. The number of nitrogens with two attached hydrogens (primary N) is 1. The molecular weight excluding hydrogens is 400 g/mol. The fraction of sp³-hybridized carbons (Fsp3) is 0.111. The van der Waals surface area contributed by atoms with Crippen LogP contribution < -0.4 is 11.1 Å². The number of carbonyl (C=O) groups excluding carboxylic acids is 2. The van der Waals surface area contributed by atoms with Crippen LogP contribution in [0.25, 0.3) is 26.5 Å². The zero-order valence-corrected chi connectivity index (χ0v) is 16.3. The number of anilines is 1. The number of amides is 2. The van der Waals surface area contributed by atoms with Crippen LogP contribution in [0.1, 0.15) is 16.1 Å². The van der Waals surface area contributed by atoms with E-state index in [9.17, 15) is 9.59 Å². The molecule has 4 heterocycles. The van der Waals surface area contributed by atoms with Crippen molar-refractivity contribution in [3.05, 3.63) is 48.2 Å². The van der Waals surface area contributed by atoms with Gasteiger partial charge >= 0.3 is 0 Å². The number of fused-ring (bicyclic) bond motifs is 1. The number of nitrogens with one attached hydrogen (secondary N) is 2. The molecule has 0 unspecified atom stereocenters. The zero-order chi connectivity index (χ0) is 19.8. The van der Waals surface area contributed by atoms with E-state index >= 15 is 0 Å². The van der Waals surface area contributed by atoms with E-state index in [2.05, 4.69) is 20.4 Å². The summed E-state index contributed by atoms with van der Waals surface area (Å²) in [7, 11) is 0. The van der Waals surface area contributed by atoms with Gasteiger partial charge in [-0.15, -0.1) is 22.9 Å². The van der Waals surface area contributed by atoms with Gasteiger partial charge in [0.05, 0.1) is 34.2 Å². The maximum Gasteiger partial charge on any atom is 0.253 e. The van der Waals surface area contributed by atoms with Crippen LogP contribution in [0.4, 0.5) is 5.69 Å². The molecule has 0 radical (unpaired) electrons. The van der Waals surface area contributed by atoms with Crippen LogP contribution in [0.5, 0.6) is 0 Å². The van der Waals surface area contributed by atoms with E-state index in [-0.39, 0.29) is 11.8 Å². The van der Waals surface area contributed by atoms with Gasteiger partial charge in [0.15, 0.2) is 0 Å². The number of primary amides is 1. The van der Waals surface area contributed by atoms with E-state index in [0.29, 0.717) is 16.1 Å². The predicted molar refractivity (Wildman–Crippen MR) is 109 cm³/mol. The van der Waals surface area contributed by atoms with Crippen LogP contribution in [-0.2, 0) is 4.79 Å². The van der Waals surface area contributed by atoms with Gasteiger partial charge in [0.25, 0.3) is 5.91 Å². The molecule has 8 nitrogen and oxygen atoms in total. The monoisotopic (exact) mass is 414 g/mol. The van der Waals surface area contributed by atoms with Gasteiger partial charge in [0.1, 0.15) is 10.7 Å². The molecule has 0 atom stereocenters. The Morgan fingerprint density at radius 1 is 1.39 bits per heavy atom. The molecule has 0 aliphatic heterocycles. The van der Waals surface area contributed by atoms with Crippen molar-refractivity contribution in [3.8, 4) is 21.7 Å². The second-order valence-corrected chi connectivity index (χ2v) is 7.32. The molecule has 0 spiro atoms. The number of halogens is 1. The Balaban J connectivity index is 1.97. The first-order chi connectivity index (χ1) is 13.5. The van der Waals surface area contributed by atoms with Crippen molar-refractivity contribution in [1.29, 1.82) is 0 Å². The number of alkyl halides is 1. The summed E-state index contributed by atoms with van der Waals surface area (Å²) >= 11 is 7.00. The third-order valence-electron chi connectivity index (χ3n) is 4.22. The molecule has 10 heteroatoms. The average Bonchev–Trinajstić information content (AvgIpc) is 3.38. The van der Waals surface area contributed by atoms with Gasteiger partial charge in [-0.25, -0.2) is 4.52 Å². The zero-order valence-electron chi connectivity index (χ0n) is 14.7. The number of carbonyl (C=O) groups is 2. The molecule has 0 fully saturated rings. The lowest BCUT2D eigenvalue weighted by molar-refractivity contribution is -0.113. The van der Waals surface area contributed by atoms with E-state index in [1.54, 1.807) is 10.7 Å². The van der Waals surface area contributed by atoms with E-state index < -0.39 is 5.91 Å². The Hall–Kier alpha value is -3.17. The van der Waals surface area contributed by atoms with Gasteiger partial charge in [-0.05, 0) is 19.1 Å². The number of aromatic nitrogens is 4. The molecular formula is C18H15ClN6O2S. The first-order valence-electron chi connectivity index (χ1n) is 8.26. The Bertz CT molecular complexity index is 1190. The Kier molecular flexibility index (Phi) is 4.62. The van der Waals surface area contributed by atoms with Crippen molar-refractivity contribution in [3.63, 3.8) is 0 Å². The van der Waals surface area contributed by atoms with E-state index in [1.165, 1.54) is 17.5 Å². The number of nitrogens with zero attached hydrogens (tertiary/aromatic N) is 3. The largest absolute Gasteiger partial charge is 0.367 e. The highest BCUT2D eigenvalue weighted by Gasteiger charge is 2.23. The molecule has 0 aromatic carbocycles. The summed E-state index contributed by atoms with van der Waals surface area (Å²) in [5, 5.41) is 7.08. The number of aryl methyl sites for hydroxylation is 1. The summed E-state index contributed by atoms with van der Waals surface area (Å²) < 4.78 is 1.68. The Morgan fingerprint density at radius 2 is 2.21 bits per heavy atom. The summed E-state index contributed by atoms with van der Waals surface area (Å²) in [6.07, 6.45) is 6.71. The number of thiazole rings is 1. The summed E-state index contributed by atoms with van der Waals surface area (Å²) in [6, 6.07) is 3.75. The van der Waals surface area contributed by atoms with Crippen molar-refractivity contribution >= 4 is 45.3 Å². The second-order valence-electron chi connectivity index (χ2n) is 6.06. The minimum absolute atomic E-state index is 0.151. The van der Waals surface area contributed by atoms with Gasteiger partial charge in [0, 0.05) is 29.2 Å². The lowest BCUT2D eigenvalue weighted by Crippen LogP contribution is -2.13. The van der Waals surface area contributed by atoms with E-state index in [1.807, 2.05) is 31.5 Å². The van der Waals surface area contributed by atoms with Gasteiger partial charge in [0.2, 0.25) is 5.91 Å². The maximum atomic E-state index is 11.8. The first-order valence-corrected chi connectivity index (χ1v) is 9.61. The lowest BCUT2D eigenvalue weighted by Gasteiger charge is -2.10. The number of hydrogen-bond donors (Lipinski definition) is 3. The average molecular weight is 415 g/mol. The molecule has 0 aliphatic rings. The van der Waals surface area contributed by atoms with Crippen LogP contribution in [0.2, 0.25) is 0 Å². The quantitative estimate of drug-likeness (QED) is 0.435. The third kappa shape index (κ3) is 3.04. The molecule has 4 aromatic rings. The minimum Gasteiger partial charge on any atom is -0.367 e. The van der Waals surface area contributed by atoms with Crippen molar-refractivity contribution in [2.24, 2.45) is 5.73 Å². The number of rotatable bonds is 5. The first kappa shape index (κ1) is 18.2. The SMILES string of the molecule is Cc1ncc(NC(=O)CCl)cc1-c1c(-c2cc[nH]c2)sc2c(C(N)=O)cnn12.